The van der Waals surface area contributed by atoms with Crippen molar-refractivity contribution in [3.05, 3.63) is 18.2 Å². The summed E-state index contributed by atoms with van der Waals surface area (Å²) in [5, 5.41) is 2.73. The van der Waals surface area contributed by atoms with Crippen LogP contribution < -0.4 is 15.5 Å². The van der Waals surface area contributed by atoms with Gasteiger partial charge in [0.15, 0.2) is 0 Å². The van der Waals surface area contributed by atoms with E-state index in [4.69, 9.17) is 14.0 Å². The molecule has 2 rings (SSSR count). The van der Waals surface area contributed by atoms with Gasteiger partial charge in [-0.15, -0.1) is 0 Å². The zero-order valence-electron chi connectivity index (χ0n) is 13.4. The molecule has 0 saturated carbocycles. The number of amides is 1. The van der Waals surface area contributed by atoms with Crippen molar-refractivity contribution >= 4 is 24.2 Å². The van der Waals surface area contributed by atoms with Gasteiger partial charge in [0.1, 0.15) is 5.75 Å². The molecule has 114 valence electrons. The van der Waals surface area contributed by atoms with E-state index in [1.807, 2.05) is 39.8 Å². The van der Waals surface area contributed by atoms with Gasteiger partial charge >= 0.3 is 7.12 Å². The molecule has 0 unspecified atom stereocenters. The molecule has 1 aromatic carbocycles. The quantitative estimate of drug-likeness (QED) is 0.865. The van der Waals surface area contributed by atoms with Crippen LogP contribution in [0.3, 0.4) is 0 Å². The Kier molecular flexibility index (Phi) is 4.04. The van der Waals surface area contributed by atoms with Gasteiger partial charge < -0.3 is 19.4 Å². The van der Waals surface area contributed by atoms with Crippen LogP contribution in [-0.2, 0) is 14.1 Å². The van der Waals surface area contributed by atoms with E-state index in [0.29, 0.717) is 11.4 Å². The molecule has 5 nitrogen and oxygen atoms in total. The van der Waals surface area contributed by atoms with Crippen molar-refractivity contribution in [3.63, 3.8) is 0 Å². The van der Waals surface area contributed by atoms with Gasteiger partial charge in [-0.05, 0) is 45.3 Å². The molecule has 1 N–H and O–H groups in total. The summed E-state index contributed by atoms with van der Waals surface area (Å²) in [5.74, 6) is 0.439. The largest absolute Gasteiger partial charge is 0.495 e. The van der Waals surface area contributed by atoms with Crippen LogP contribution in [0.15, 0.2) is 18.2 Å². The van der Waals surface area contributed by atoms with E-state index in [0.717, 1.165) is 5.46 Å². The van der Waals surface area contributed by atoms with Crippen LogP contribution >= 0.6 is 0 Å². The zero-order chi connectivity index (χ0) is 15.8. The molecule has 1 aliphatic heterocycles. The minimum Gasteiger partial charge on any atom is -0.495 e. The van der Waals surface area contributed by atoms with E-state index >= 15 is 0 Å². The lowest BCUT2D eigenvalue weighted by Crippen LogP contribution is -2.41. The summed E-state index contributed by atoms with van der Waals surface area (Å²) in [6.07, 6.45) is 0. The van der Waals surface area contributed by atoms with E-state index in [9.17, 15) is 4.79 Å². The van der Waals surface area contributed by atoms with Gasteiger partial charge in [0.2, 0.25) is 5.91 Å². The molecule has 0 bridgehead atoms. The molecule has 1 heterocycles. The second-order valence-electron chi connectivity index (χ2n) is 6.23. The summed E-state index contributed by atoms with van der Waals surface area (Å²) >= 11 is 0. The number of nitrogens with one attached hydrogen (secondary N) is 1. The fraction of sp³-hybridized carbons (Fsp3) is 0.533. The highest BCUT2D eigenvalue weighted by molar-refractivity contribution is 6.62. The average molecular weight is 291 g/mol. The Morgan fingerprint density at radius 3 is 2.24 bits per heavy atom. The predicted octanol–water partition coefficient (Wildman–Crippen LogP) is 1.95. The first-order valence-corrected chi connectivity index (χ1v) is 6.97. The van der Waals surface area contributed by atoms with Gasteiger partial charge in [0, 0.05) is 6.92 Å². The Labute approximate surface area is 126 Å². The lowest BCUT2D eigenvalue weighted by molar-refractivity contribution is -0.114. The number of hydrogen-bond donors (Lipinski definition) is 1. The highest BCUT2D eigenvalue weighted by Gasteiger charge is 2.51. The van der Waals surface area contributed by atoms with Crippen LogP contribution in [0.2, 0.25) is 0 Å². The van der Waals surface area contributed by atoms with Crippen molar-refractivity contribution in [2.45, 2.75) is 45.8 Å². The maximum atomic E-state index is 11.2. The van der Waals surface area contributed by atoms with Crippen molar-refractivity contribution in [1.29, 1.82) is 0 Å². The molecule has 0 aromatic heterocycles. The van der Waals surface area contributed by atoms with Crippen LogP contribution in [0, 0.1) is 0 Å². The van der Waals surface area contributed by atoms with E-state index < -0.39 is 7.12 Å². The Morgan fingerprint density at radius 1 is 1.19 bits per heavy atom. The molecule has 1 fully saturated rings. The van der Waals surface area contributed by atoms with Crippen molar-refractivity contribution in [3.8, 4) is 5.75 Å². The van der Waals surface area contributed by atoms with Gasteiger partial charge in [0.25, 0.3) is 0 Å². The number of hydrogen-bond acceptors (Lipinski definition) is 4. The monoisotopic (exact) mass is 291 g/mol. The number of rotatable bonds is 3. The summed E-state index contributed by atoms with van der Waals surface area (Å²) < 4.78 is 17.3. The molecule has 1 aliphatic rings. The lowest BCUT2D eigenvalue weighted by atomic mass is 9.79. The smallest absolute Gasteiger partial charge is 0.494 e. The SMILES string of the molecule is COc1cc(B2OC(C)(C)C(C)(C)O2)ccc1NC(C)=O. The minimum absolute atomic E-state index is 0.142. The maximum Gasteiger partial charge on any atom is 0.494 e. The summed E-state index contributed by atoms with van der Waals surface area (Å²) in [6, 6.07) is 5.49. The number of carbonyl (C=O) groups is 1. The van der Waals surface area contributed by atoms with E-state index in [1.54, 1.807) is 13.2 Å². The minimum atomic E-state index is -0.449. The summed E-state index contributed by atoms with van der Waals surface area (Å²) in [7, 11) is 1.12. The van der Waals surface area contributed by atoms with Gasteiger partial charge in [0.05, 0.1) is 24.0 Å². The molecule has 21 heavy (non-hydrogen) atoms. The highest BCUT2D eigenvalue weighted by atomic mass is 16.7. The Hall–Kier alpha value is -1.53. The normalized spacial score (nSPS) is 19.4. The molecule has 1 aromatic rings. The van der Waals surface area contributed by atoms with Crippen LogP contribution in [0.4, 0.5) is 5.69 Å². The summed E-state index contributed by atoms with van der Waals surface area (Å²) in [4.78, 5) is 11.2. The topological polar surface area (TPSA) is 56.8 Å². The Balaban J connectivity index is 2.28. The average Bonchev–Trinajstić information content (AvgIpc) is 2.58. The van der Waals surface area contributed by atoms with Crippen molar-refractivity contribution < 1.29 is 18.8 Å². The van der Waals surface area contributed by atoms with Crippen LogP contribution in [-0.4, -0.2) is 31.3 Å². The predicted molar refractivity (Wildman–Crippen MR) is 83.0 cm³/mol. The standard InChI is InChI=1S/C15H22BNO4/c1-10(18)17-12-8-7-11(9-13(12)19-6)16-20-14(2,3)15(4,5)21-16/h7-9H,1-6H3,(H,17,18). The summed E-state index contributed by atoms with van der Waals surface area (Å²) in [6.45, 7) is 9.50. The first-order valence-electron chi connectivity index (χ1n) is 6.97. The zero-order valence-corrected chi connectivity index (χ0v) is 13.4. The number of anilines is 1. The van der Waals surface area contributed by atoms with Crippen LogP contribution in [0.25, 0.3) is 0 Å². The molecule has 0 aliphatic carbocycles. The molecule has 1 amide bonds. The number of carbonyl (C=O) groups excluding carboxylic acids is 1. The van der Waals surface area contributed by atoms with Gasteiger partial charge in [-0.3, -0.25) is 4.79 Å². The third-order valence-corrected chi connectivity index (χ3v) is 4.06. The van der Waals surface area contributed by atoms with E-state index in [-0.39, 0.29) is 17.1 Å². The van der Waals surface area contributed by atoms with Crippen molar-refractivity contribution in [2.24, 2.45) is 0 Å². The third kappa shape index (κ3) is 3.06. The first kappa shape index (κ1) is 15.9. The molecule has 0 atom stereocenters. The van der Waals surface area contributed by atoms with Crippen molar-refractivity contribution in [2.75, 3.05) is 12.4 Å². The highest BCUT2D eigenvalue weighted by Crippen LogP contribution is 2.37. The Bertz CT molecular complexity index is 541. The molecular formula is C15H22BNO4. The number of methoxy groups -OCH3 is 1. The third-order valence-electron chi connectivity index (χ3n) is 4.06. The first-order chi connectivity index (χ1) is 9.66. The summed E-state index contributed by atoms with van der Waals surface area (Å²) in [5.41, 5.74) is 0.715. The van der Waals surface area contributed by atoms with Gasteiger partial charge in [-0.1, -0.05) is 6.07 Å². The fourth-order valence-corrected chi connectivity index (χ4v) is 2.13. The van der Waals surface area contributed by atoms with Crippen LogP contribution in [0.1, 0.15) is 34.6 Å². The molecular weight excluding hydrogens is 269 g/mol. The van der Waals surface area contributed by atoms with E-state index in [2.05, 4.69) is 5.32 Å². The van der Waals surface area contributed by atoms with Gasteiger partial charge in [-0.25, -0.2) is 0 Å². The molecule has 6 heteroatoms. The molecule has 1 saturated heterocycles. The maximum absolute atomic E-state index is 11.2. The second kappa shape index (κ2) is 5.35. The van der Waals surface area contributed by atoms with E-state index in [1.165, 1.54) is 6.92 Å². The second-order valence-corrected chi connectivity index (χ2v) is 6.23. The number of ether oxygens (including phenoxy) is 1. The van der Waals surface area contributed by atoms with Crippen LogP contribution in [0.5, 0.6) is 5.75 Å². The molecule has 0 spiro atoms. The number of benzene rings is 1. The lowest BCUT2D eigenvalue weighted by Gasteiger charge is -2.32. The van der Waals surface area contributed by atoms with Gasteiger partial charge in [-0.2, -0.15) is 0 Å². The molecule has 0 radical (unpaired) electrons. The fourth-order valence-electron chi connectivity index (χ4n) is 2.13. The van der Waals surface area contributed by atoms with Crippen molar-refractivity contribution in [1.82, 2.24) is 0 Å². The Morgan fingerprint density at radius 2 is 1.76 bits per heavy atom.